The van der Waals surface area contributed by atoms with Crippen LogP contribution in [0.1, 0.15) is 24.3 Å². The number of carbonyl (C=O) groups is 1. The van der Waals surface area contributed by atoms with Crippen LogP contribution in [0.4, 0.5) is 13.2 Å². The van der Waals surface area contributed by atoms with Crippen LogP contribution in [-0.2, 0) is 4.79 Å². The average molecular weight is 328 g/mol. The zero-order chi connectivity index (χ0) is 16.6. The first-order valence-electron chi connectivity index (χ1n) is 7.69. The summed E-state index contributed by atoms with van der Waals surface area (Å²) in [5.74, 6) is -0.646. The van der Waals surface area contributed by atoms with E-state index in [2.05, 4.69) is 10.1 Å². The molecule has 23 heavy (non-hydrogen) atoms. The van der Waals surface area contributed by atoms with Crippen molar-refractivity contribution in [2.24, 2.45) is 5.92 Å². The Balaban J connectivity index is 1.69. The smallest absolute Gasteiger partial charge is 0.405 e. The first-order chi connectivity index (χ1) is 10.9. The highest BCUT2D eigenvalue weighted by Crippen LogP contribution is 2.51. The zero-order valence-corrected chi connectivity index (χ0v) is 12.8. The highest BCUT2D eigenvalue weighted by molar-refractivity contribution is 5.83. The Morgan fingerprint density at radius 2 is 2.09 bits per heavy atom. The fourth-order valence-corrected chi connectivity index (χ4v) is 3.23. The van der Waals surface area contributed by atoms with Gasteiger partial charge in [0.25, 0.3) is 0 Å². The molecule has 0 aromatic heterocycles. The van der Waals surface area contributed by atoms with Gasteiger partial charge in [-0.3, -0.25) is 4.79 Å². The molecule has 2 fully saturated rings. The highest BCUT2D eigenvalue weighted by Gasteiger charge is 2.48. The second-order valence-corrected chi connectivity index (χ2v) is 6.13. The van der Waals surface area contributed by atoms with Crippen LogP contribution in [0, 0.1) is 5.92 Å². The number of amides is 1. The maximum absolute atomic E-state index is 12.5. The molecule has 1 saturated heterocycles. The predicted molar refractivity (Wildman–Crippen MR) is 78.0 cm³/mol. The summed E-state index contributed by atoms with van der Waals surface area (Å²) in [6.45, 7) is 1.66. The maximum Gasteiger partial charge on any atom is 0.573 e. The molecule has 3 atom stereocenters. The van der Waals surface area contributed by atoms with Gasteiger partial charge in [-0.25, -0.2) is 0 Å². The van der Waals surface area contributed by atoms with Crippen molar-refractivity contribution in [3.63, 3.8) is 0 Å². The summed E-state index contributed by atoms with van der Waals surface area (Å²) >= 11 is 0. The van der Waals surface area contributed by atoms with Crippen molar-refractivity contribution >= 4 is 5.91 Å². The molecule has 1 aromatic carbocycles. The average Bonchev–Trinajstić information content (AvgIpc) is 3.08. The largest absolute Gasteiger partial charge is 0.573 e. The Labute approximate surface area is 132 Å². The normalized spacial score (nSPS) is 26.9. The van der Waals surface area contributed by atoms with Crippen LogP contribution in [0.2, 0.25) is 0 Å². The number of nitrogens with zero attached hydrogens (tertiary/aromatic N) is 1. The minimum Gasteiger partial charge on any atom is -0.405 e. The van der Waals surface area contributed by atoms with Crippen molar-refractivity contribution in [3.05, 3.63) is 29.8 Å². The van der Waals surface area contributed by atoms with E-state index in [1.165, 1.54) is 12.1 Å². The van der Waals surface area contributed by atoms with Gasteiger partial charge in [-0.2, -0.15) is 0 Å². The van der Waals surface area contributed by atoms with Crippen LogP contribution < -0.4 is 10.1 Å². The number of alkyl halides is 3. The Morgan fingerprint density at radius 3 is 2.74 bits per heavy atom. The standard InChI is InChI=1S/C16H19F3N2O2/c1-21(10-6-7-20-9-10)15(22)13-8-12(13)11-4-2-3-5-14(11)23-16(17,18)19/h2-5,10,12-13,20H,6-9H2,1H3/t10-,12+,13-/m1/s1. The van der Waals surface area contributed by atoms with E-state index < -0.39 is 6.36 Å². The fraction of sp³-hybridized carbons (Fsp3) is 0.562. The van der Waals surface area contributed by atoms with Gasteiger partial charge in [0.15, 0.2) is 0 Å². The van der Waals surface area contributed by atoms with E-state index >= 15 is 0 Å². The number of rotatable bonds is 4. The zero-order valence-electron chi connectivity index (χ0n) is 12.8. The van der Waals surface area contributed by atoms with E-state index in [0.29, 0.717) is 12.0 Å². The highest BCUT2D eigenvalue weighted by atomic mass is 19.4. The lowest BCUT2D eigenvalue weighted by atomic mass is 10.1. The summed E-state index contributed by atoms with van der Waals surface area (Å²) in [7, 11) is 1.77. The van der Waals surface area contributed by atoms with E-state index in [9.17, 15) is 18.0 Å². The monoisotopic (exact) mass is 328 g/mol. The molecule has 1 N–H and O–H groups in total. The van der Waals surface area contributed by atoms with E-state index in [1.54, 1.807) is 24.1 Å². The van der Waals surface area contributed by atoms with Gasteiger partial charge < -0.3 is 15.0 Å². The Hall–Kier alpha value is -1.76. The van der Waals surface area contributed by atoms with Crippen LogP contribution in [0.5, 0.6) is 5.75 Å². The van der Waals surface area contributed by atoms with Gasteiger partial charge in [0, 0.05) is 25.6 Å². The number of likely N-dealkylation sites (N-methyl/N-ethyl adjacent to an activating group) is 1. The van der Waals surface area contributed by atoms with Gasteiger partial charge in [-0.1, -0.05) is 18.2 Å². The molecule has 0 radical (unpaired) electrons. The van der Waals surface area contributed by atoms with Crippen LogP contribution in [0.15, 0.2) is 24.3 Å². The number of hydrogen-bond donors (Lipinski definition) is 1. The molecule has 1 aliphatic carbocycles. The number of carbonyl (C=O) groups excluding carboxylic acids is 1. The summed E-state index contributed by atoms with van der Waals surface area (Å²) < 4.78 is 41.6. The minimum absolute atomic E-state index is 0.00510. The number of nitrogens with one attached hydrogen (secondary N) is 1. The molecule has 4 nitrogen and oxygen atoms in total. The number of benzene rings is 1. The lowest BCUT2D eigenvalue weighted by molar-refractivity contribution is -0.274. The predicted octanol–water partition coefficient (Wildman–Crippen LogP) is 2.51. The van der Waals surface area contributed by atoms with E-state index in [-0.39, 0.29) is 29.5 Å². The third kappa shape index (κ3) is 3.60. The van der Waals surface area contributed by atoms with Crippen molar-refractivity contribution in [1.29, 1.82) is 0 Å². The van der Waals surface area contributed by atoms with Gasteiger partial charge in [-0.15, -0.1) is 13.2 Å². The van der Waals surface area contributed by atoms with E-state index in [4.69, 9.17) is 0 Å². The van der Waals surface area contributed by atoms with Gasteiger partial charge in [0.2, 0.25) is 5.91 Å². The quantitative estimate of drug-likeness (QED) is 0.923. The molecule has 1 amide bonds. The maximum atomic E-state index is 12.5. The van der Waals surface area contributed by atoms with Crippen molar-refractivity contribution in [2.45, 2.75) is 31.2 Å². The third-order valence-electron chi connectivity index (χ3n) is 4.58. The van der Waals surface area contributed by atoms with Crippen LogP contribution >= 0.6 is 0 Å². The first kappa shape index (κ1) is 16.1. The van der Waals surface area contributed by atoms with Gasteiger partial charge in [0.05, 0.1) is 0 Å². The number of ether oxygens (including phenoxy) is 1. The Morgan fingerprint density at radius 1 is 1.35 bits per heavy atom. The second kappa shape index (κ2) is 6.03. The summed E-state index contributed by atoms with van der Waals surface area (Å²) in [6, 6.07) is 6.25. The molecule has 3 rings (SSSR count). The molecular formula is C16H19F3N2O2. The summed E-state index contributed by atoms with van der Waals surface area (Å²) in [5, 5.41) is 3.21. The van der Waals surface area contributed by atoms with Gasteiger partial charge in [-0.05, 0) is 36.9 Å². The lowest BCUT2D eigenvalue weighted by Gasteiger charge is -2.24. The van der Waals surface area contributed by atoms with Gasteiger partial charge >= 0.3 is 6.36 Å². The van der Waals surface area contributed by atoms with Crippen LogP contribution in [0.3, 0.4) is 0 Å². The third-order valence-corrected chi connectivity index (χ3v) is 4.58. The molecule has 126 valence electrons. The lowest BCUT2D eigenvalue weighted by Crippen LogP contribution is -2.39. The number of halogens is 3. The fourth-order valence-electron chi connectivity index (χ4n) is 3.23. The molecule has 7 heteroatoms. The molecule has 2 aliphatic rings. The first-order valence-corrected chi connectivity index (χ1v) is 7.69. The van der Waals surface area contributed by atoms with Crippen molar-refractivity contribution in [3.8, 4) is 5.75 Å². The molecule has 1 aromatic rings. The Bertz CT molecular complexity index is 585. The van der Waals surface area contributed by atoms with Crippen LogP contribution in [0.25, 0.3) is 0 Å². The molecule has 0 spiro atoms. The van der Waals surface area contributed by atoms with Gasteiger partial charge in [0.1, 0.15) is 5.75 Å². The van der Waals surface area contributed by atoms with Crippen molar-refractivity contribution in [2.75, 3.05) is 20.1 Å². The molecule has 1 saturated carbocycles. The second-order valence-electron chi connectivity index (χ2n) is 6.13. The molecule has 1 aliphatic heterocycles. The topological polar surface area (TPSA) is 41.6 Å². The molecular weight excluding hydrogens is 309 g/mol. The van der Waals surface area contributed by atoms with Crippen molar-refractivity contribution in [1.82, 2.24) is 10.2 Å². The molecule has 0 unspecified atom stereocenters. The number of para-hydroxylation sites is 1. The van der Waals surface area contributed by atoms with E-state index in [0.717, 1.165) is 19.5 Å². The van der Waals surface area contributed by atoms with Crippen LogP contribution in [-0.4, -0.2) is 43.3 Å². The minimum atomic E-state index is -4.73. The summed E-state index contributed by atoms with van der Waals surface area (Å²) in [4.78, 5) is 14.2. The Kier molecular flexibility index (Phi) is 4.23. The molecule has 1 heterocycles. The SMILES string of the molecule is CN(C(=O)[C@@H]1C[C@H]1c1ccccc1OC(F)(F)F)[C@@H]1CCNC1. The number of hydrogen-bond acceptors (Lipinski definition) is 3. The summed E-state index contributed by atoms with van der Waals surface area (Å²) in [5.41, 5.74) is 0.459. The molecule has 0 bridgehead atoms. The van der Waals surface area contributed by atoms with E-state index in [1.807, 2.05) is 0 Å². The van der Waals surface area contributed by atoms with Crippen molar-refractivity contribution < 1.29 is 22.7 Å². The summed E-state index contributed by atoms with van der Waals surface area (Å²) in [6.07, 6.45) is -3.24.